The molecule has 1 heterocycles. The number of hydrogen-bond acceptors (Lipinski definition) is 4. The standard InChI is InChI=1S/C14H17N3O2/c15-9-11-2-4-13(5-3-11)17-7-1-6-16-12(10-17)8-14(18)19/h2-5,12,16H,1,6-8,10H2,(H,18,19). The average molecular weight is 259 g/mol. The van der Waals surface area contributed by atoms with Gasteiger partial charge >= 0.3 is 5.97 Å². The summed E-state index contributed by atoms with van der Waals surface area (Å²) in [5.41, 5.74) is 1.68. The van der Waals surface area contributed by atoms with Crippen molar-refractivity contribution < 1.29 is 9.90 Å². The lowest BCUT2D eigenvalue weighted by Crippen LogP contribution is -2.39. The Balaban J connectivity index is 2.08. The minimum Gasteiger partial charge on any atom is -0.481 e. The van der Waals surface area contributed by atoms with Crippen LogP contribution in [0.2, 0.25) is 0 Å². The van der Waals surface area contributed by atoms with Crippen molar-refractivity contribution in [3.8, 4) is 6.07 Å². The highest BCUT2D eigenvalue weighted by atomic mass is 16.4. The van der Waals surface area contributed by atoms with Crippen molar-refractivity contribution in [3.63, 3.8) is 0 Å². The molecule has 100 valence electrons. The van der Waals surface area contributed by atoms with Crippen LogP contribution in [0.25, 0.3) is 0 Å². The van der Waals surface area contributed by atoms with Gasteiger partial charge in [-0.3, -0.25) is 4.79 Å². The van der Waals surface area contributed by atoms with Gasteiger partial charge in [0.15, 0.2) is 0 Å². The highest BCUT2D eigenvalue weighted by molar-refractivity contribution is 5.67. The van der Waals surface area contributed by atoms with Crippen LogP contribution in [0.5, 0.6) is 0 Å². The summed E-state index contributed by atoms with van der Waals surface area (Å²) in [6, 6.07) is 9.48. The first kappa shape index (κ1) is 13.4. The molecular formula is C14H17N3O2. The Kier molecular flexibility index (Phi) is 4.37. The Hall–Kier alpha value is -2.06. The Morgan fingerprint density at radius 3 is 2.84 bits per heavy atom. The monoisotopic (exact) mass is 259 g/mol. The number of anilines is 1. The van der Waals surface area contributed by atoms with Gasteiger partial charge in [-0.05, 0) is 37.2 Å². The molecule has 1 aliphatic rings. The molecule has 1 aliphatic heterocycles. The van der Waals surface area contributed by atoms with Crippen LogP contribution in [0, 0.1) is 11.3 Å². The maximum Gasteiger partial charge on any atom is 0.304 e. The zero-order valence-corrected chi connectivity index (χ0v) is 10.7. The number of nitrogens with zero attached hydrogens (tertiary/aromatic N) is 2. The summed E-state index contributed by atoms with van der Waals surface area (Å²) in [6.45, 7) is 2.41. The molecule has 1 aromatic rings. The van der Waals surface area contributed by atoms with E-state index in [-0.39, 0.29) is 12.5 Å². The lowest BCUT2D eigenvalue weighted by molar-refractivity contribution is -0.137. The molecule has 5 heteroatoms. The lowest BCUT2D eigenvalue weighted by atomic mass is 10.1. The average Bonchev–Trinajstić information content (AvgIpc) is 2.64. The van der Waals surface area contributed by atoms with E-state index in [1.807, 2.05) is 12.1 Å². The lowest BCUT2D eigenvalue weighted by Gasteiger charge is -2.25. The highest BCUT2D eigenvalue weighted by Gasteiger charge is 2.20. The van der Waals surface area contributed by atoms with Crippen molar-refractivity contribution >= 4 is 11.7 Å². The maximum atomic E-state index is 10.8. The smallest absolute Gasteiger partial charge is 0.304 e. The summed E-state index contributed by atoms with van der Waals surface area (Å²) in [6.07, 6.45) is 1.11. The molecule has 1 fully saturated rings. The molecule has 0 amide bonds. The normalized spacial score (nSPS) is 19.5. The summed E-state index contributed by atoms with van der Waals surface area (Å²) < 4.78 is 0. The zero-order chi connectivity index (χ0) is 13.7. The van der Waals surface area contributed by atoms with Gasteiger partial charge in [0.2, 0.25) is 0 Å². The second-order valence-electron chi connectivity index (χ2n) is 4.71. The predicted molar refractivity (Wildman–Crippen MR) is 72.0 cm³/mol. The third-order valence-electron chi connectivity index (χ3n) is 3.26. The number of carboxylic acid groups (broad SMARTS) is 1. The third kappa shape index (κ3) is 3.70. The van der Waals surface area contributed by atoms with Gasteiger partial charge in [-0.15, -0.1) is 0 Å². The van der Waals surface area contributed by atoms with E-state index in [1.165, 1.54) is 0 Å². The minimum atomic E-state index is -0.779. The van der Waals surface area contributed by atoms with E-state index in [0.29, 0.717) is 12.1 Å². The Morgan fingerprint density at radius 2 is 2.21 bits per heavy atom. The first-order valence-electron chi connectivity index (χ1n) is 6.39. The molecule has 1 atom stereocenters. The van der Waals surface area contributed by atoms with Crippen molar-refractivity contribution in [1.82, 2.24) is 5.32 Å². The molecule has 0 radical (unpaired) electrons. The van der Waals surface area contributed by atoms with Gasteiger partial charge in [-0.25, -0.2) is 0 Å². The van der Waals surface area contributed by atoms with Gasteiger partial charge in [-0.2, -0.15) is 5.26 Å². The number of carbonyl (C=O) groups is 1. The molecule has 2 N–H and O–H groups in total. The van der Waals surface area contributed by atoms with Crippen molar-refractivity contribution in [3.05, 3.63) is 29.8 Å². The molecule has 2 rings (SSSR count). The zero-order valence-electron chi connectivity index (χ0n) is 10.7. The fourth-order valence-corrected chi connectivity index (χ4v) is 2.33. The quantitative estimate of drug-likeness (QED) is 0.853. The number of rotatable bonds is 3. The number of nitriles is 1. The molecule has 1 unspecified atom stereocenters. The second-order valence-corrected chi connectivity index (χ2v) is 4.71. The van der Waals surface area contributed by atoms with Gasteiger partial charge in [0, 0.05) is 24.8 Å². The summed E-state index contributed by atoms with van der Waals surface area (Å²) >= 11 is 0. The van der Waals surface area contributed by atoms with E-state index < -0.39 is 5.97 Å². The summed E-state index contributed by atoms with van der Waals surface area (Å²) in [7, 11) is 0. The van der Waals surface area contributed by atoms with E-state index >= 15 is 0 Å². The van der Waals surface area contributed by atoms with Crippen LogP contribution in [-0.2, 0) is 4.79 Å². The van der Waals surface area contributed by atoms with Crippen molar-refractivity contribution in [2.24, 2.45) is 0 Å². The van der Waals surface area contributed by atoms with Gasteiger partial charge < -0.3 is 15.3 Å². The molecule has 1 saturated heterocycles. The largest absolute Gasteiger partial charge is 0.481 e. The molecule has 0 aliphatic carbocycles. The van der Waals surface area contributed by atoms with Crippen LogP contribution in [0.4, 0.5) is 5.69 Å². The van der Waals surface area contributed by atoms with E-state index in [4.69, 9.17) is 10.4 Å². The number of aliphatic carboxylic acids is 1. The molecule has 5 nitrogen and oxygen atoms in total. The van der Waals surface area contributed by atoms with E-state index in [9.17, 15) is 4.79 Å². The molecular weight excluding hydrogens is 242 g/mol. The number of nitrogens with one attached hydrogen (secondary N) is 1. The minimum absolute atomic E-state index is 0.0318. The number of carboxylic acids is 1. The Labute approximate surface area is 112 Å². The van der Waals surface area contributed by atoms with Crippen LogP contribution in [0.3, 0.4) is 0 Å². The van der Waals surface area contributed by atoms with E-state index in [2.05, 4.69) is 16.3 Å². The topological polar surface area (TPSA) is 76.4 Å². The number of hydrogen-bond donors (Lipinski definition) is 2. The third-order valence-corrected chi connectivity index (χ3v) is 3.26. The first-order valence-corrected chi connectivity index (χ1v) is 6.39. The number of benzene rings is 1. The summed E-state index contributed by atoms with van der Waals surface area (Å²) in [4.78, 5) is 13.0. The van der Waals surface area contributed by atoms with Crippen LogP contribution in [0.15, 0.2) is 24.3 Å². The van der Waals surface area contributed by atoms with Gasteiger partial charge in [0.25, 0.3) is 0 Å². The van der Waals surface area contributed by atoms with Crippen LogP contribution in [-0.4, -0.2) is 36.8 Å². The fourth-order valence-electron chi connectivity index (χ4n) is 2.33. The van der Waals surface area contributed by atoms with Crippen molar-refractivity contribution in [2.75, 3.05) is 24.5 Å². The van der Waals surface area contributed by atoms with Gasteiger partial charge in [-0.1, -0.05) is 0 Å². The van der Waals surface area contributed by atoms with Crippen LogP contribution >= 0.6 is 0 Å². The van der Waals surface area contributed by atoms with Crippen molar-refractivity contribution in [2.45, 2.75) is 18.9 Å². The van der Waals surface area contributed by atoms with Gasteiger partial charge in [0.1, 0.15) is 0 Å². The second kappa shape index (κ2) is 6.21. The van der Waals surface area contributed by atoms with Gasteiger partial charge in [0.05, 0.1) is 18.1 Å². The SMILES string of the molecule is N#Cc1ccc(N2CCCNC(CC(=O)O)C2)cc1. The first-order chi connectivity index (χ1) is 9.19. The van der Waals surface area contributed by atoms with E-state index in [0.717, 1.165) is 25.2 Å². The van der Waals surface area contributed by atoms with Crippen LogP contribution < -0.4 is 10.2 Å². The Bertz CT molecular complexity index is 478. The Morgan fingerprint density at radius 1 is 1.47 bits per heavy atom. The fraction of sp³-hybridized carbons (Fsp3) is 0.429. The molecule has 0 spiro atoms. The maximum absolute atomic E-state index is 10.8. The predicted octanol–water partition coefficient (Wildman–Crippen LogP) is 1.20. The highest BCUT2D eigenvalue weighted by Crippen LogP contribution is 2.17. The van der Waals surface area contributed by atoms with Crippen LogP contribution in [0.1, 0.15) is 18.4 Å². The molecule has 19 heavy (non-hydrogen) atoms. The molecule has 0 aromatic heterocycles. The molecule has 0 bridgehead atoms. The molecule has 1 aromatic carbocycles. The molecule has 0 saturated carbocycles. The summed E-state index contributed by atoms with van der Waals surface area (Å²) in [5, 5.41) is 20.9. The summed E-state index contributed by atoms with van der Waals surface area (Å²) in [5.74, 6) is -0.779. The van der Waals surface area contributed by atoms with E-state index in [1.54, 1.807) is 12.1 Å². The van der Waals surface area contributed by atoms with Crippen molar-refractivity contribution in [1.29, 1.82) is 5.26 Å².